The van der Waals surface area contributed by atoms with Gasteiger partial charge in [-0.1, -0.05) is 12.1 Å². The van der Waals surface area contributed by atoms with Crippen LogP contribution in [0.4, 0.5) is 5.69 Å². The molecule has 3 aromatic rings. The summed E-state index contributed by atoms with van der Waals surface area (Å²) in [6.07, 6.45) is 1.32. The SMILES string of the molecule is COc1cc(NC(=O)c2ccco2)c(C(=O)OCC(=O)NC(=O)c2ccccc2OC)cc1OC. The maximum atomic E-state index is 12.8. The van der Waals surface area contributed by atoms with Crippen molar-refractivity contribution in [3.05, 3.63) is 71.7 Å². The fourth-order valence-corrected chi connectivity index (χ4v) is 3.01. The van der Waals surface area contributed by atoms with Crippen LogP contribution in [0.1, 0.15) is 31.3 Å². The lowest BCUT2D eigenvalue weighted by atomic mass is 10.1. The number of benzene rings is 2. The Morgan fingerprint density at radius 1 is 0.800 bits per heavy atom. The van der Waals surface area contributed by atoms with Crippen LogP contribution in [0.5, 0.6) is 17.2 Å². The summed E-state index contributed by atoms with van der Waals surface area (Å²) in [7, 11) is 4.14. The van der Waals surface area contributed by atoms with Gasteiger partial charge in [0.2, 0.25) is 0 Å². The van der Waals surface area contributed by atoms with Gasteiger partial charge < -0.3 is 28.7 Å². The molecule has 0 fully saturated rings. The molecule has 3 rings (SSSR count). The molecule has 0 radical (unpaired) electrons. The Kier molecular flexibility index (Phi) is 8.06. The van der Waals surface area contributed by atoms with Crippen molar-refractivity contribution >= 4 is 29.4 Å². The highest BCUT2D eigenvalue weighted by atomic mass is 16.5. The van der Waals surface area contributed by atoms with Crippen LogP contribution in [-0.4, -0.2) is 51.6 Å². The first-order valence-corrected chi connectivity index (χ1v) is 10.1. The third-order valence-electron chi connectivity index (χ3n) is 4.68. The second kappa shape index (κ2) is 11.4. The minimum Gasteiger partial charge on any atom is -0.496 e. The van der Waals surface area contributed by atoms with Crippen LogP contribution >= 0.6 is 0 Å². The summed E-state index contributed by atoms with van der Waals surface area (Å²) < 4.78 is 25.7. The van der Waals surface area contributed by atoms with Gasteiger partial charge in [-0.15, -0.1) is 0 Å². The lowest BCUT2D eigenvalue weighted by Crippen LogP contribution is -2.34. The van der Waals surface area contributed by atoms with Gasteiger partial charge in [0.1, 0.15) is 5.75 Å². The van der Waals surface area contributed by atoms with Crippen molar-refractivity contribution < 1.29 is 42.5 Å². The first kappa shape index (κ1) is 24.8. The van der Waals surface area contributed by atoms with Crippen LogP contribution in [0.25, 0.3) is 0 Å². The van der Waals surface area contributed by atoms with E-state index in [1.54, 1.807) is 18.2 Å². The molecule has 35 heavy (non-hydrogen) atoms. The number of esters is 1. The molecule has 182 valence electrons. The Morgan fingerprint density at radius 3 is 2.14 bits per heavy atom. The average molecular weight is 482 g/mol. The van der Waals surface area contributed by atoms with Gasteiger partial charge in [0.25, 0.3) is 17.7 Å². The van der Waals surface area contributed by atoms with E-state index in [1.807, 2.05) is 0 Å². The topological polar surface area (TPSA) is 142 Å². The molecule has 11 nitrogen and oxygen atoms in total. The number of methoxy groups -OCH3 is 3. The van der Waals surface area contributed by atoms with Crippen LogP contribution < -0.4 is 24.8 Å². The number of carbonyl (C=O) groups is 4. The van der Waals surface area contributed by atoms with Gasteiger partial charge in [0.15, 0.2) is 23.9 Å². The van der Waals surface area contributed by atoms with Gasteiger partial charge in [0.05, 0.1) is 44.4 Å². The van der Waals surface area contributed by atoms with E-state index < -0.39 is 30.3 Å². The van der Waals surface area contributed by atoms with E-state index in [0.717, 1.165) is 0 Å². The van der Waals surface area contributed by atoms with Crippen molar-refractivity contribution in [1.82, 2.24) is 5.32 Å². The molecule has 2 N–H and O–H groups in total. The van der Waals surface area contributed by atoms with E-state index in [2.05, 4.69) is 10.6 Å². The number of furan rings is 1. The summed E-state index contributed by atoms with van der Waals surface area (Å²) >= 11 is 0. The number of rotatable bonds is 9. The molecule has 11 heteroatoms. The second-order valence-corrected chi connectivity index (χ2v) is 6.84. The van der Waals surface area contributed by atoms with E-state index in [9.17, 15) is 19.2 Å². The highest BCUT2D eigenvalue weighted by Gasteiger charge is 2.22. The first-order valence-electron chi connectivity index (χ1n) is 10.1. The van der Waals surface area contributed by atoms with Crippen LogP contribution in [0.15, 0.2) is 59.2 Å². The number of nitrogens with one attached hydrogen (secondary N) is 2. The molecular weight excluding hydrogens is 460 g/mol. The minimum absolute atomic E-state index is 0.00772. The minimum atomic E-state index is -0.958. The van der Waals surface area contributed by atoms with E-state index in [-0.39, 0.29) is 39.8 Å². The fourth-order valence-electron chi connectivity index (χ4n) is 3.01. The normalized spacial score (nSPS) is 10.1. The van der Waals surface area contributed by atoms with Gasteiger partial charge in [-0.05, 0) is 24.3 Å². The second-order valence-electron chi connectivity index (χ2n) is 6.84. The predicted molar refractivity (Wildman–Crippen MR) is 122 cm³/mol. The van der Waals surface area contributed by atoms with E-state index in [4.69, 9.17) is 23.4 Å². The van der Waals surface area contributed by atoms with E-state index in [0.29, 0.717) is 0 Å². The Hall–Kier alpha value is -4.80. The summed E-state index contributed by atoms with van der Waals surface area (Å²) in [5, 5.41) is 4.66. The first-order chi connectivity index (χ1) is 16.9. The molecule has 0 bridgehead atoms. The fraction of sp³-hybridized carbons (Fsp3) is 0.167. The lowest BCUT2D eigenvalue weighted by Gasteiger charge is -2.15. The highest BCUT2D eigenvalue weighted by Crippen LogP contribution is 2.34. The average Bonchev–Trinajstić information content (AvgIpc) is 3.42. The monoisotopic (exact) mass is 482 g/mol. The number of carbonyl (C=O) groups excluding carboxylic acids is 4. The number of amides is 3. The molecule has 1 aromatic heterocycles. The molecule has 0 aliphatic heterocycles. The summed E-state index contributed by atoms with van der Waals surface area (Å²) in [6.45, 7) is -0.764. The van der Waals surface area contributed by atoms with E-state index in [1.165, 1.54) is 57.9 Å². The van der Waals surface area contributed by atoms with Gasteiger partial charge in [-0.25, -0.2) is 4.79 Å². The lowest BCUT2D eigenvalue weighted by molar-refractivity contribution is -0.123. The molecule has 3 amide bonds. The quantitative estimate of drug-likeness (QED) is 0.440. The molecule has 0 aliphatic carbocycles. The van der Waals surface area contributed by atoms with Gasteiger partial charge in [-0.3, -0.25) is 19.7 Å². The Morgan fingerprint density at radius 2 is 1.49 bits per heavy atom. The highest BCUT2D eigenvalue weighted by molar-refractivity contribution is 6.09. The van der Waals surface area contributed by atoms with Gasteiger partial charge in [0, 0.05) is 12.1 Å². The molecule has 1 heterocycles. The predicted octanol–water partition coefficient (Wildman–Crippen LogP) is 2.67. The summed E-state index contributed by atoms with van der Waals surface area (Å²) in [4.78, 5) is 49.8. The van der Waals surface area contributed by atoms with E-state index >= 15 is 0 Å². The molecule has 0 spiro atoms. The molecule has 0 saturated heterocycles. The standard InChI is InChI=1S/C24H22N2O9/c1-31-17-8-5-4-7-14(17)22(28)26-21(27)13-35-24(30)15-11-19(32-2)20(33-3)12-16(15)25-23(29)18-9-6-10-34-18/h4-12H,13H2,1-3H3,(H,25,29)(H,26,27,28). The molecule has 0 aliphatic rings. The van der Waals surface area contributed by atoms with Crippen LogP contribution in [0, 0.1) is 0 Å². The Labute approximate surface area is 199 Å². The van der Waals surface area contributed by atoms with Crippen molar-refractivity contribution in [3.8, 4) is 17.2 Å². The van der Waals surface area contributed by atoms with Crippen LogP contribution in [-0.2, 0) is 9.53 Å². The van der Waals surface area contributed by atoms with Crippen molar-refractivity contribution in [2.45, 2.75) is 0 Å². The van der Waals surface area contributed by atoms with Crippen molar-refractivity contribution in [1.29, 1.82) is 0 Å². The molecule has 2 aromatic carbocycles. The zero-order valence-electron chi connectivity index (χ0n) is 19.1. The smallest absolute Gasteiger partial charge is 0.340 e. The number of anilines is 1. The summed E-state index contributed by atoms with van der Waals surface area (Å²) in [5.41, 5.74) is 0.0449. The Balaban J connectivity index is 1.74. The van der Waals surface area contributed by atoms with Crippen LogP contribution in [0.3, 0.4) is 0 Å². The van der Waals surface area contributed by atoms with Gasteiger partial charge in [-0.2, -0.15) is 0 Å². The third-order valence-corrected chi connectivity index (χ3v) is 4.68. The van der Waals surface area contributed by atoms with Gasteiger partial charge >= 0.3 is 5.97 Å². The number of para-hydroxylation sites is 1. The molecule has 0 saturated carbocycles. The third kappa shape index (κ3) is 5.96. The summed E-state index contributed by atoms with van der Waals surface area (Å²) in [6, 6.07) is 11.9. The molecule has 0 atom stereocenters. The number of hydrogen-bond donors (Lipinski definition) is 2. The zero-order valence-corrected chi connectivity index (χ0v) is 19.1. The zero-order chi connectivity index (χ0) is 25.4. The number of imide groups is 1. The summed E-state index contributed by atoms with van der Waals surface area (Å²) in [5.74, 6) is -2.47. The maximum absolute atomic E-state index is 12.8. The van der Waals surface area contributed by atoms with Crippen molar-refractivity contribution in [3.63, 3.8) is 0 Å². The number of ether oxygens (including phenoxy) is 4. The van der Waals surface area contributed by atoms with Crippen LogP contribution in [0.2, 0.25) is 0 Å². The van der Waals surface area contributed by atoms with Crippen molar-refractivity contribution in [2.24, 2.45) is 0 Å². The Bertz CT molecular complexity index is 1240. The maximum Gasteiger partial charge on any atom is 0.340 e. The number of hydrogen-bond acceptors (Lipinski definition) is 9. The molecular formula is C24H22N2O9. The van der Waals surface area contributed by atoms with Crippen molar-refractivity contribution in [2.75, 3.05) is 33.3 Å². The molecule has 0 unspecified atom stereocenters. The largest absolute Gasteiger partial charge is 0.496 e.